The molecule has 9 nitrogen and oxygen atoms in total. The summed E-state index contributed by atoms with van der Waals surface area (Å²) in [4.78, 5) is 28.4. The zero-order valence-corrected chi connectivity index (χ0v) is 17.0. The molecule has 0 saturated heterocycles. The van der Waals surface area contributed by atoms with E-state index in [0.717, 1.165) is 16.5 Å². The van der Waals surface area contributed by atoms with Crippen LogP contribution in [-0.4, -0.2) is 43.2 Å². The first-order chi connectivity index (χ1) is 15.0. The number of imide groups is 1. The maximum atomic E-state index is 12.6. The summed E-state index contributed by atoms with van der Waals surface area (Å²) in [5.41, 5.74) is 3.21. The Balaban J connectivity index is 1.86. The number of aromatic hydroxyl groups is 1. The van der Waals surface area contributed by atoms with E-state index in [2.05, 4.69) is 15.6 Å². The van der Waals surface area contributed by atoms with Gasteiger partial charge in [0.1, 0.15) is 11.4 Å². The Bertz CT molecular complexity index is 1280. The number of hydrogen-bond acceptors (Lipinski definition) is 7. The Hall–Kier alpha value is -4.14. The highest BCUT2D eigenvalue weighted by Gasteiger charge is 2.39. The molecule has 9 heteroatoms. The van der Waals surface area contributed by atoms with Crippen LogP contribution in [-0.2, 0) is 9.59 Å². The van der Waals surface area contributed by atoms with Gasteiger partial charge in [0.2, 0.25) is 5.75 Å². The number of benzene rings is 2. The average molecular weight is 421 g/mol. The molecule has 0 radical (unpaired) electrons. The van der Waals surface area contributed by atoms with Gasteiger partial charge in [-0.05, 0) is 29.8 Å². The van der Waals surface area contributed by atoms with Crippen molar-refractivity contribution in [2.45, 2.75) is 6.04 Å². The molecule has 1 aromatic heterocycles. The number of carbonyl (C=O) groups is 2. The smallest absolute Gasteiger partial charge is 0.275 e. The van der Waals surface area contributed by atoms with Crippen LogP contribution in [0.3, 0.4) is 0 Å². The normalized spacial score (nSPS) is 17.2. The van der Waals surface area contributed by atoms with Gasteiger partial charge in [0, 0.05) is 28.2 Å². The van der Waals surface area contributed by atoms with Crippen molar-refractivity contribution in [2.75, 3.05) is 21.3 Å². The summed E-state index contributed by atoms with van der Waals surface area (Å²) in [6.45, 7) is 0. The minimum absolute atomic E-state index is 0.136. The van der Waals surface area contributed by atoms with Gasteiger partial charge in [-0.1, -0.05) is 0 Å². The second kappa shape index (κ2) is 6.69. The third-order valence-corrected chi connectivity index (χ3v) is 5.68. The second-order valence-corrected chi connectivity index (χ2v) is 7.19. The van der Waals surface area contributed by atoms with Gasteiger partial charge < -0.3 is 29.6 Å². The van der Waals surface area contributed by atoms with Crippen molar-refractivity contribution in [2.24, 2.45) is 0 Å². The quantitative estimate of drug-likeness (QED) is 0.475. The molecule has 158 valence electrons. The van der Waals surface area contributed by atoms with Crippen LogP contribution in [0.1, 0.15) is 22.7 Å². The van der Waals surface area contributed by atoms with E-state index in [1.54, 1.807) is 25.4 Å². The van der Waals surface area contributed by atoms with Gasteiger partial charge in [0.25, 0.3) is 11.8 Å². The van der Waals surface area contributed by atoms with Gasteiger partial charge in [-0.25, -0.2) is 0 Å². The van der Waals surface area contributed by atoms with Gasteiger partial charge >= 0.3 is 0 Å². The molecule has 1 atom stereocenters. The molecule has 0 bridgehead atoms. The summed E-state index contributed by atoms with van der Waals surface area (Å²) in [5.74, 6) is -0.119. The van der Waals surface area contributed by atoms with E-state index in [0.29, 0.717) is 16.9 Å². The summed E-state index contributed by atoms with van der Waals surface area (Å²) in [6.07, 6.45) is 1.71. The van der Waals surface area contributed by atoms with Crippen LogP contribution in [0.5, 0.6) is 23.0 Å². The Kier molecular flexibility index (Phi) is 4.07. The number of aromatic nitrogens is 1. The summed E-state index contributed by atoms with van der Waals surface area (Å²) in [6, 6.07) is 6.37. The minimum atomic E-state index is -0.610. The third kappa shape index (κ3) is 2.56. The van der Waals surface area contributed by atoms with Gasteiger partial charge in [-0.15, -0.1) is 0 Å². The standard InChI is InChI=1S/C22H19N3O6/c1-29-12-5-4-11-15-10(8-23-11)16-19(22(28)25-21(16)27)24-18(17(12)15)9-6-13(30-2)20(26)14(7-9)31-3/h4-8,18,23-24,26H,1-3H3,(H,25,27,28). The van der Waals surface area contributed by atoms with Gasteiger partial charge in [0.05, 0.1) is 32.9 Å². The van der Waals surface area contributed by atoms with E-state index >= 15 is 0 Å². The first-order valence-corrected chi connectivity index (χ1v) is 9.48. The van der Waals surface area contributed by atoms with Gasteiger partial charge in [-0.3, -0.25) is 14.9 Å². The predicted molar refractivity (Wildman–Crippen MR) is 111 cm³/mol. The van der Waals surface area contributed by atoms with Gasteiger partial charge in [0.15, 0.2) is 11.5 Å². The lowest BCUT2D eigenvalue weighted by Gasteiger charge is -2.24. The zero-order valence-electron chi connectivity index (χ0n) is 17.0. The molecule has 31 heavy (non-hydrogen) atoms. The summed E-state index contributed by atoms with van der Waals surface area (Å²) >= 11 is 0. The van der Waals surface area contributed by atoms with Crippen molar-refractivity contribution in [3.05, 3.63) is 52.8 Å². The van der Waals surface area contributed by atoms with Crippen LogP contribution in [0.2, 0.25) is 0 Å². The highest BCUT2D eigenvalue weighted by Crippen LogP contribution is 2.46. The number of carbonyl (C=O) groups excluding carboxylic acids is 2. The molecule has 2 aromatic carbocycles. The molecule has 0 saturated carbocycles. The van der Waals surface area contributed by atoms with E-state index < -0.39 is 17.9 Å². The number of fused-ring (bicyclic) bond motifs is 1. The lowest BCUT2D eigenvalue weighted by atomic mass is 9.92. The van der Waals surface area contributed by atoms with Crippen molar-refractivity contribution in [3.8, 4) is 23.0 Å². The van der Waals surface area contributed by atoms with E-state index in [4.69, 9.17) is 14.2 Å². The SMILES string of the molecule is COc1cc(C2NC3=C(C(=O)NC3=O)c3c[nH]c4ccc(OC)c2c34)cc(OC)c1O. The minimum Gasteiger partial charge on any atom is -0.502 e. The molecule has 2 amide bonds. The highest BCUT2D eigenvalue weighted by atomic mass is 16.5. The number of nitrogens with one attached hydrogen (secondary N) is 3. The molecule has 3 heterocycles. The second-order valence-electron chi connectivity index (χ2n) is 7.19. The Morgan fingerprint density at radius 3 is 2.26 bits per heavy atom. The largest absolute Gasteiger partial charge is 0.502 e. The van der Waals surface area contributed by atoms with Crippen molar-refractivity contribution >= 4 is 28.3 Å². The maximum absolute atomic E-state index is 12.6. The molecule has 1 unspecified atom stereocenters. The van der Waals surface area contributed by atoms with Crippen LogP contribution < -0.4 is 24.8 Å². The number of rotatable bonds is 4. The average Bonchev–Trinajstić information content (AvgIpc) is 3.25. The van der Waals surface area contributed by atoms with Crippen molar-refractivity contribution < 1.29 is 28.9 Å². The summed E-state index contributed by atoms with van der Waals surface area (Å²) in [7, 11) is 4.44. The highest BCUT2D eigenvalue weighted by molar-refractivity contribution is 6.37. The number of phenols is 1. The van der Waals surface area contributed by atoms with Crippen LogP contribution in [0.25, 0.3) is 16.5 Å². The van der Waals surface area contributed by atoms with Crippen LogP contribution in [0.15, 0.2) is 36.2 Å². The Morgan fingerprint density at radius 2 is 1.61 bits per heavy atom. The number of aromatic amines is 1. The van der Waals surface area contributed by atoms with Crippen LogP contribution >= 0.6 is 0 Å². The number of ether oxygens (including phenoxy) is 3. The summed E-state index contributed by atoms with van der Waals surface area (Å²) in [5, 5.41) is 16.7. The van der Waals surface area contributed by atoms with E-state index in [1.807, 2.05) is 12.1 Å². The first-order valence-electron chi connectivity index (χ1n) is 9.48. The number of phenolic OH excluding ortho intramolecular Hbond substituents is 1. The molecule has 0 aliphatic carbocycles. The maximum Gasteiger partial charge on any atom is 0.275 e. The number of hydrogen-bond donors (Lipinski definition) is 4. The Labute approximate surface area is 176 Å². The number of methoxy groups -OCH3 is 3. The molecule has 2 aliphatic rings. The summed E-state index contributed by atoms with van der Waals surface area (Å²) < 4.78 is 16.3. The van der Waals surface area contributed by atoms with E-state index in [1.165, 1.54) is 14.2 Å². The fourth-order valence-electron chi connectivity index (χ4n) is 4.29. The van der Waals surface area contributed by atoms with Gasteiger partial charge in [-0.2, -0.15) is 0 Å². The molecule has 0 spiro atoms. The van der Waals surface area contributed by atoms with E-state index in [9.17, 15) is 14.7 Å². The molecule has 0 fully saturated rings. The third-order valence-electron chi connectivity index (χ3n) is 5.68. The molecule has 3 aromatic rings. The molecule has 2 aliphatic heterocycles. The molecular weight excluding hydrogens is 402 g/mol. The topological polar surface area (TPSA) is 122 Å². The number of H-pyrrole nitrogens is 1. The predicted octanol–water partition coefficient (Wildman–Crippen LogP) is 1.96. The lowest BCUT2D eigenvalue weighted by molar-refractivity contribution is -0.123. The molecule has 5 rings (SSSR count). The Morgan fingerprint density at radius 1 is 0.935 bits per heavy atom. The fraction of sp³-hybridized carbons (Fsp3) is 0.182. The number of amides is 2. The van der Waals surface area contributed by atoms with Crippen molar-refractivity contribution in [1.82, 2.24) is 15.6 Å². The van der Waals surface area contributed by atoms with Crippen LogP contribution in [0.4, 0.5) is 0 Å². The monoisotopic (exact) mass is 421 g/mol. The zero-order chi connectivity index (χ0) is 21.9. The van der Waals surface area contributed by atoms with E-state index in [-0.39, 0.29) is 28.5 Å². The molecule has 4 N–H and O–H groups in total. The lowest BCUT2D eigenvalue weighted by Crippen LogP contribution is -2.30. The van der Waals surface area contributed by atoms with Crippen molar-refractivity contribution in [3.63, 3.8) is 0 Å². The van der Waals surface area contributed by atoms with Crippen LogP contribution in [0, 0.1) is 0 Å². The fourth-order valence-corrected chi connectivity index (χ4v) is 4.29. The van der Waals surface area contributed by atoms with Crippen molar-refractivity contribution in [1.29, 1.82) is 0 Å². The molecular formula is C22H19N3O6. The first kappa shape index (κ1) is 18.9.